The third-order valence-electron chi connectivity index (χ3n) is 31.4. The number of hydrogen-bond donors (Lipinski definition) is 0. The molecule has 1 fully saturated rings. The van der Waals surface area contributed by atoms with Gasteiger partial charge in [-0.1, -0.05) is 30.3 Å². The van der Waals surface area contributed by atoms with Crippen molar-refractivity contribution in [2.24, 2.45) is 11.8 Å². The fraction of sp³-hybridized carbons (Fsp3) is 0.324. The molecule has 0 amide bonds. The van der Waals surface area contributed by atoms with E-state index in [2.05, 4.69) is 60.1 Å². The molecular formula is C71H28S. The smallest absolute Gasteiger partial charge is 0.0645 e. The molecule has 72 heavy (non-hydrogen) atoms. The number of aryl methyl sites for hydroxylation is 1. The first kappa shape index (κ1) is 28.5. The Kier molecular flexibility index (Phi) is 2.62. The number of benzene rings is 11. The van der Waals surface area contributed by atoms with Crippen LogP contribution in [0.15, 0.2) is 35.2 Å². The van der Waals surface area contributed by atoms with Crippen molar-refractivity contribution in [3.8, 4) is 11.1 Å². The van der Waals surface area contributed by atoms with Crippen LogP contribution in [-0.2, 0) is 10.2 Å². The van der Waals surface area contributed by atoms with Crippen molar-refractivity contribution in [3.63, 3.8) is 0 Å². The van der Waals surface area contributed by atoms with Crippen LogP contribution in [0.4, 0.5) is 0 Å². The van der Waals surface area contributed by atoms with Gasteiger partial charge in [0.15, 0.2) is 0 Å². The Morgan fingerprint density at radius 1 is 0.319 bits per heavy atom. The normalized spacial score (nSPS) is 47.0. The largest absolute Gasteiger partial charge is 0.112 e. The van der Waals surface area contributed by atoms with Gasteiger partial charge < -0.3 is 0 Å². The van der Waals surface area contributed by atoms with Crippen molar-refractivity contribution in [2.45, 2.75) is 129 Å². The molecule has 0 aromatic heterocycles. The van der Waals surface area contributed by atoms with Gasteiger partial charge in [-0.25, -0.2) is 0 Å². The second-order valence-electron chi connectivity index (χ2n) is 30.2. The minimum absolute atomic E-state index is 0.00530. The Morgan fingerprint density at radius 3 is 1.14 bits per heavy atom. The molecule has 318 valence electrons. The molecule has 22 atom stereocenters. The molecule has 35 rings (SSSR count). The van der Waals surface area contributed by atoms with Gasteiger partial charge in [0, 0.05) is 10.3 Å². The van der Waals surface area contributed by atoms with E-state index in [1.807, 2.05) is 203 Å². The van der Waals surface area contributed by atoms with Crippen molar-refractivity contribution in [2.75, 3.05) is 0 Å². The van der Waals surface area contributed by atoms with Crippen LogP contribution < -0.4 is 0 Å². The van der Waals surface area contributed by atoms with Gasteiger partial charge in [0.25, 0.3) is 0 Å². The lowest BCUT2D eigenvalue weighted by atomic mass is 9.39. The molecule has 12 aromatic carbocycles. The van der Waals surface area contributed by atoms with Gasteiger partial charge in [-0.05, 0) is 356 Å². The third-order valence-corrected chi connectivity index (χ3v) is 33.1. The number of thioether (sulfide) groups is 1. The molecule has 22 unspecified atom stereocenters. The van der Waals surface area contributed by atoms with Crippen LogP contribution in [0.3, 0.4) is 0 Å². The van der Waals surface area contributed by atoms with Crippen molar-refractivity contribution in [1.29, 1.82) is 0 Å². The Hall–Kier alpha value is -5.89. The van der Waals surface area contributed by atoms with Crippen LogP contribution >= 0.6 is 11.8 Å². The lowest BCUT2D eigenvalue weighted by Crippen LogP contribution is -2.62. The van der Waals surface area contributed by atoms with Crippen molar-refractivity contribution >= 4 is 109 Å². The molecule has 1 saturated carbocycles. The van der Waals surface area contributed by atoms with Crippen LogP contribution in [0.1, 0.15) is 229 Å². The van der Waals surface area contributed by atoms with E-state index in [0.29, 0.717) is 118 Å². The first-order valence-corrected chi connectivity index (χ1v) is 30.1. The summed E-state index contributed by atoms with van der Waals surface area (Å²) >= 11 is 2.60. The van der Waals surface area contributed by atoms with Gasteiger partial charge in [0.1, 0.15) is 0 Å². The van der Waals surface area contributed by atoms with E-state index >= 15 is 0 Å². The van der Waals surface area contributed by atoms with E-state index in [1.165, 1.54) is 5.39 Å². The van der Waals surface area contributed by atoms with Crippen molar-refractivity contribution in [3.05, 3.63) is 153 Å². The zero-order valence-corrected chi connectivity index (χ0v) is 39.2. The summed E-state index contributed by atoms with van der Waals surface area (Å²) in [5, 5.41) is 33.8. The molecule has 0 saturated heterocycles. The quantitative estimate of drug-likeness (QED) is 0.137. The fourth-order valence-corrected chi connectivity index (χ4v) is 35.2. The summed E-state index contributed by atoms with van der Waals surface area (Å²) in [4.78, 5) is 1.76. The molecule has 0 bridgehead atoms. The predicted octanol–water partition coefficient (Wildman–Crippen LogP) is 16.0. The van der Waals surface area contributed by atoms with E-state index in [9.17, 15) is 0 Å². The second-order valence-corrected chi connectivity index (χ2v) is 31.5. The van der Waals surface area contributed by atoms with E-state index in [-0.39, 0.29) is 10.2 Å². The lowest BCUT2D eigenvalue weighted by Gasteiger charge is -2.65. The van der Waals surface area contributed by atoms with Crippen molar-refractivity contribution in [1.82, 2.24) is 0 Å². The first-order valence-electron chi connectivity index (χ1n) is 29.3. The molecule has 2 spiro atoms. The highest BCUT2D eigenvalue weighted by Gasteiger charge is 2.90. The predicted molar refractivity (Wildman–Crippen MR) is 279 cm³/mol. The molecule has 23 aliphatic rings. The van der Waals surface area contributed by atoms with E-state index in [0.717, 1.165) is 0 Å². The van der Waals surface area contributed by atoms with Crippen LogP contribution in [-0.4, -0.2) is 0 Å². The number of rotatable bonds is 0. The minimum Gasteiger partial charge on any atom is -0.112 e. The Morgan fingerprint density at radius 2 is 0.653 bits per heavy atom. The van der Waals surface area contributed by atoms with Gasteiger partial charge in [-0.2, -0.15) is 0 Å². The molecule has 1 heterocycles. The molecule has 0 radical (unpaired) electrons. The second kappa shape index (κ2) is 6.62. The van der Waals surface area contributed by atoms with Gasteiger partial charge in [-0.3, -0.25) is 0 Å². The monoisotopic (exact) mass is 912 g/mol. The highest BCUT2D eigenvalue weighted by atomic mass is 32.2. The molecule has 0 N–H and O–H groups in total. The number of hydrogen-bond acceptors (Lipinski definition) is 1. The topological polar surface area (TPSA) is 0 Å². The van der Waals surface area contributed by atoms with E-state index in [4.69, 9.17) is 0 Å². The maximum Gasteiger partial charge on any atom is 0.0645 e. The average molecular weight is 913 g/mol. The van der Waals surface area contributed by atoms with Crippen LogP contribution in [0.5, 0.6) is 0 Å². The van der Waals surface area contributed by atoms with Crippen LogP contribution in [0.2, 0.25) is 0 Å². The molecule has 1 aliphatic heterocycles. The first-order chi connectivity index (χ1) is 35.8. The molecule has 22 aliphatic carbocycles. The summed E-state index contributed by atoms with van der Waals surface area (Å²) < 4.78 is 0.0256. The van der Waals surface area contributed by atoms with E-state index in [1.54, 1.807) is 15.8 Å². The molecular weight excluding hydrogens is 885 g/mol. The molecule has 1 heteroatoms. The van der Waals surface area contributed by atoms with Gasteiger partial charge in [0.05, 0.1) is 4.75 Å². The zero-order chi connectivity index (χ0) is 42.6. The Bertz CT molecular complexity index is 5800. The maximum absolute atomic E-state index is 2.75. The van der Waals surface area contributed by atoms with Gasteiger partial charge in [-0.15, -0.1) is 11.8 Å². The molecule has 12 aromatic rings. The third kappa shape index (κ3) is 1.56. The fourth-order valence-electron chi connectivity index (χ4n) is 32.9. The molecule has 0 nitrogen and oxygen atoms in total. The highest BCUT2D eigenvalue weighted by molar-refractivity contribution is 8.01. The van der Waals surface area contributed by atoms with Crippen LogP contribution in [0.25, 0.3) is 108 Å². The highest BCUT2D eigenvalue weighted by Crippen LogP contribution is 3.01. The Labute approximate surface area is 410 Å². The SMILES string of the molecule is Cc1cc2ccccc2c2c1C13c4c5c6c7c8c9c%10c%11c%12c%13c%14c%15c(c%16c%13c%10c7c4-%16)C1(S2)C1C%15C2c4c7c%10c%13c%15c%16c%17c%18c%19c%20c%21c%22c%23c(c4c4c%22c%19c%16c%104)C2C%14C%12C%23C%21C%11C9C%20C%18C8C6C%17C%15C5C3C%13C71. The standard InChI is InChI=1S/C71H28S/c1-7-6-8-4-2-3-5-9(8)69-64(7)70-65-56-48-38-28-20-12-10-11-14-18-16(12)24-32-26(18)36-30-22(14)23-15(11)19-17-13(10)21(20)29-35-25(17)33-27(19)37-31(23)41-40(30)52-46(36)54-44(32)50(42(48)34(24)28)58(65)60(54)67-62(52)63-53(41)47(37)55-45(33)51-43(35)49(39(29)38)57(56)66(70)59(51)61(55)68(63)71(67,70)72-69/h2-6,12,14,16,18,20,22,28,30,38-41,49,53,57,59,61,63,66,68H,1H3. The van der Waals surface area contributed by atoms with E-state index < -0.39 is 0 Å². The van der Waals surface area contributed by atoms with Crippen LogP contribution in [0, 0.1) is 18.8 Å². The summed E-state index contributed by atoms with van der Waals surface area (Å²) in [6.07, 6.45) is 0. The minimum atomic E-state index is -0.00530. The maximum atomic E-state index is 2.75. The number of fused-ring (bicyclic) bond motifs is 3. The average Bonchev–Trinajstić information content (AvgIpc) is 4.27. The van der Waals surface area contributed by atoms with Gasteiger partial charge >= 0.3 is 0 Å². The summed E-state index contributed by atoms with van der Waals surface area (Å²) in [5.41, 5.74) is 48.0. The van der Waals surface area contributed by atoms with Gasteiger partial charge in [0.2, 0.25) is 0 Å². The Balaban J connectivity index is 1.01. The summed E-state index contributed by atoms with van der Waals surface area (Å²) in [5.74, 6) is 13.1. The zero-order valence-electron chi connectivity index (χ0n) is 38.3. The lowest BCUT2D eigenvalue weighted by molar-refractivity contribution is 0.0339. The summed E-state index contributed by atoms with van der Waals surface area (Å²) in [6.45, 7) is 2.66. The summed E-state index contributed by atoms with van der Waals surface area (Å²) in [6, 6.07) is 12.6. The van der Waals surface area contributed by atoms with Crippen molar-refractivity contribution < 1.29 is 0 Å². The summed E-state index contributed by atoms with van der Waals surface area (Å²) in [7, 11) is 0.